The van der Waals surface area contributed by atoms with Crippen LogP contribution in [-0.2, 0) is 0 Å². The molecule has 10 aromatic rings. The van der Waals surface area contributed by atoms with Gasteiger partial charge in [-0.1, -0.05) is 60.7 Å². The highest BCUT2D eigenvalue weighted by atomic mass is 32.1. The van der Waals surface area contributed by atoms with E-state index in [1.807, 2.05) is 35.6 Å². The fourth-order valence-corrected chi connectivity index (χ4v) is 7.89. The monoisotopic (exact) mass is 581 g/mol. The first-order chi connectivity index (χ1) is 21.8. The van der Waals surface area contributed by atoms with Gasteiger partial charge in [-0.15, -0.1) is 11.3 Å². The SMILES string of the molecule is c1ccc2c(c1)oc1cc(N(c3ccc4cc5sc6ccccc6c5cc4c3)c3ccc4oc5ccccc5c4c3)ccc12. The van der Waals surface area contributed by atoms with Crippen LogP contribution in [0.1, 0.15) is 0 Å². The van der Waals surface area contributed by atoms with Crippen molar-refractivity contribution in [3.63, 3.8) is 0 Å². The molecule has 3 nitrogen and oxygen atoms in total. The summed E-state index contributed by atoms with van der Waals surface area (Å²) in [6, 6.07) is 49.6. The number of benzene rings is 7. The van der Waals surface area contributed by atoms with Crippen LogP contribution in [0.3, 0.4) is 0 Å². The number of anilines is 3. The summed E-state index contributed by atoms with van der Waals surface area (Å²) in [5, 5.41) is 9.51. The molecule has 3 heterocycles. The number of para-hydroxylation sites is 2. The summed E-state index contributed by atoms with van der Waals surface area (Å²) in [7, 11) is 0. The van der Waals surface area contributed by atoms with Crippen molar-refractivity contribution >= 4 is 103 Å². The molecule has 4 heteroatoms. The summed E-state index contributed by atoms with van der Waals surface area (Å²) in [5.41, 5.74) is 6.72. The van der Waals surface area contributed by atoms with E-state index in [-0.39, 0.29) is 0 Å². The number of fused-ring (bicyclic) bond motifs is 10. The van der Waals surface area contributed by atoms with Crippen LogP contribution >= 0.6 is 11.3 Å². The van der Waals surface area contributed by atoms with Gasteiger partial charge < -0.3 is 13.7 Å². The van der Waals surface area contributed by atoms with E-state index in [2.05, 4.69) is 120 Å². The molecule has 10 rings (SSSR count). The van der Waals surface area contributed by atoms with Crippen LogP contribution in [-0.4, -0.2) is 0 Å². The second kappa shape index (κ2) is 8.96. The van der Waals surface area contributed by atoms with Gasteiger partial charge in [-0.2, -0.15) is 0 Å². The van der Waals surface area contributed by atoms with E-state index >= 15 is 0 Å². The van der Waals surface area contributed by atoms with Gasteiger partial charge in [0.2, 0.25) is 0 Å². The van der Waals surface area contributed by atoms with Crippen LogP contribution in [0.25, 0.3) is 74.8 Å². The lowest BCUT2D eigenvalue weighted by molar-refractivity contribution is 0.668. The Hall–Kier alpha value is -5.58. The first-order valence-electron chi connectivity index (χ1n) is 14.7. The normalized spacial score (nSPS) is 12.1. The first kappa shape index (κ1) is 23.9. The van der Waals surface area contributed by atoms with Gasteiger partial charge in [0.25, 0.3) is 0 Å². The van der Waals surface area contributed by atoms with Crippen LogP contribution in [0.15, 0.2) is 148 Å². The minimum absolute atomic E-state index is 0.871. The largest absolute Gasteiger partial charge is 0.456 e. The van der Waals surface area contributed by atoms with Crippen molar-refractivity contribution in [1.29, 1.82) is 0 Å². The molecule has 0 aliphatic carbocycles. The first-order valence-corrected chi connectivity index (χ1v) is 15.6. The number of rotatable bonds is 3. The summed E-state index contributed by atoms with van der Waals surface area (Å²) in [4.78, 5) is 2.32. The highest BCUT2D eigenvalue weighted by molar-refractivity contribution is 7.25. The molecule has 0 aliphatic rings. The zero-order valence-electron chi connectivity index (χ0n) is 23.5. The average Bonchev–Trinajstić information content (AvgIpc) is 3.74. The van der Waals surface area contributed by atoms with E-state index in [1.54, 1.807) is 0 Å². The minimum atomic E-state index is 0.871. The average molecular weight is 582 g/mol. The molecule has 206 valence electrons. The number of furan rings is 2. The molecule has 0 saturated carbocycles. The van der Waals surface area contributed by atoms with Gasteiger partial charge in [-0.3, -0.25) is 0 Å². The van der Waals surface area contributed by atoms with Crippen molar-refractivity contribution in [2.45, 2.75) is 0 Å². The zero-order valence-corrected chi connectivity index (χ0v) is 24.3. The Kier molecular flexibility index (Phi) is 4.87. The zero-order chi connectivity index (χ0) is 28.8. The molecular formula is C40H23NO2S. The van der Waals surface area contributed by atoms with Crippen molar-refractivity contribution in [3.05, 3.63) is 140 Å². The third kappa shape index (κ3) is 3.49. The van der Waals surface area contributed by atoms with E-state index < -0.39 is 0 Å². The molecule has 44 heavy (non-hydrogen) atoms. The highest BCUT2D eigenvalue weighted by Gasteiger charge is 2.18. The summed E-state index contributed by atoms with van der Waals surface area (Å²) in [5.74, 6) is 0. The standard InChI is InChI=1S/C40H23NO2S/c1-4-10-35-29(7-1)31-17-15-28(23-38(31)43-35)41(27-16-18-37-33(22-27)30-8-2-5-11-36(30)42-37)26-14-13-24-21-40-34(20-25(24)19-26)32-9-3-6-12-39(32)44-40/h1-23H. The van der Waals surface area contributed by atoms with Gasteiger partial charge in [-0.05, 0) is 83.6 Å². The molecular weight excluding hydrogens is 559 g/mol. The summed E-state index contributed by atoms with van der Waals surface area (Å²) in [6.45, 7) is 0. The van der Waals surface area contributed by atoms with Gasteiger partial charge in [0, 0.05) is 64.8 Å². The lowest BCUT2D eigenvalue weighted by Gasteiger charge is -2.26. The van der Waals surface area contributed by atoms with Crippen molar-refractivity contribution < 1.29 is 8.83 Å². The maximum Gasteiger partial charge on any atom is 0.137 e. The summed E-state index contributed by atoms with van der Waals surface area (Å²) in [6.07, 6.45) is 0. The van der Waals surface area contributed by atoms with Gasteiger partial charge in [0.1, 0.15) is 22.3 Å². The van der Waals surface area contributed by atoms with Crippen LogP contribution in [0.5, 0.6) is 0 Å². The van der Waals surface area contributed by atoms with Crippen molar-refractivity contribution in [2.24, 2.45) is 0 Å². The van der Waals surface area contributed by atoms with Crippen LogP contribution in [0.4, 0.5) is 17.1 Å². The molecule has 0 spiro atoms. The Labute approximate surface area is 255 Å². The van der Waals surface area contributed by atoms with Crippen LogP contribution < -0.4 is 4.90 Å². The molecule has 0 unspecified atom stereocenters. The third-order valence-corrected chi connectivity index (χ3v) is 9.95. The topological polar surface area (TPSA) is 29.5 Å². The van der Waals surface area contributed by atoms with Crippen LogP contribution in [0.2, 0.25) is 0 Å². The van der Waals surface area contributed by atoms with Gasteiger partial charge >= 0.3 is 0 Å². The Morgan fingerprint density at radius 3 is 1.84 bits per heavy atom. The maximum absolute atomic E-state index is 6.34. The van der Waals surface area contributed by atoms with E-state index in [1.165, 1.54) is 30.9 Å². The second-order valence-corrected chi connectivity index (χ2v) is 12.5. The van der Waals surface area contributed by atoms with Crippen molar-refractivity contribution in [2.75, 3.05) is 4.90 Å². The number of hydrogen-bond donors (Lipinski definition) is 0. The Bertz CT molecular complexity index is 2750. The Morgan fingerprint density at radius 2 is 0.977 bits per heavy atom. The highest BCUT2D eigenvalue weighted by Crippen LogP contribution is 2.43. The molecule has 0 fully saturated rings. The third-order valence-electron chi connectivity index (χ3n) is 8.82. The number of hydrogen-bond acceptors (Lipinski definition) is 4. The maximum atomic E-state index is 6.34. The van der Waals surface area contributed by atoms with E-state index in [9.17, 15) is 0 Å². The van der Waals surface area contributed by atoms with E-state index in [0.717, 1.165) is 60.9 Å². The van der Waals surface area contributed by atoms with Gasteiger partial charge in [0.15, 0.2) is 0 Å². The fraction of sp³-hybridized carbons (Fsp3) is 0. The molecule has 0 N–H and O–H groups in total. The number of thiophene rings is 1. The second-order valence-electron chi connectivity index (χ2n) is 11.4. The van der Waals surface area contributed by atoms with Crippen molar-refractivity contribution in [1.82, 2.24) is 0 Å². The van der Waals surface area contributed by atoms with E-state index in [4.69, 9.17) is 8.83 Å². The van der Waals surface area contributed by atoms with Gasteiger partial charge in [0.05, 0.1) is 0 Å². The molecule has 7 aromatic carbocycles. The quantitative estimate of drug-likeness (QED) is 0.208. The van der Waals surface area contributed by atoms with E-state index in [0.29, 0.717) is 0 Å². The minimum Gasteiger partial charge on any atom is -0.456 e. The van der Waals surface area contributed by atoms with Crippen LogP contribution in [0, 0.1) is 0 Å². The van der Waals surface area contributed by atoms with Crippen molar-refractivity contribution in [3.8, 4) is 0 Å². The molecule has 0 bridgehead atoms. The Balaban J connectivity index is 1.22. The fourth-order valence-electron chi connectivity index (χ4n) is 6.75. The lowest BCUT2D eigenvalue weighted by Crippen LogP contribution is -2.09. The van der Waals surface area contributed by atoms with Gasteiger partial charge in [-0.25, -0.2) is 0 Å². The smallest absolute Gasteiger partial charge is 0.137 e. The molecule has 0 amide bonds. The lowest BCUT2D eigenvalue weighted by atomic mass is 10.0. The Morgan fingerprint density at radius 1 is 0.364 bits per heavy atom. The summed E-state index contributed by atoms with van der Waals surface area (Å²) >= 11 is 1.86. The predicted molar refractivity (Wildman–Crippen MR) is 186 cm³/mol. The molecule has 3 aromatic heterocycles. The summed E-state index contributed by atoms with van der Waals surface area (Å²) < 4.78 is 15.2. The molecule has 0 saturated heterocycles. The number of nitrogens with zero attached hydrogens (tertiary/aromatic N) is 1. The molecule has 0 aliphatic heterocycles. The molecule has 0 atom stereocenters. The predicted octanol–water partition coefficient (Wildman–Crippen LogP) is 12.5. The molecule has 0 radical (unpaired) electrons.